The fourth-order valence-corrected chi connectivity index (χ4v) is 2.69. The molecule has 0 unspecified atom stereocenters. The van der Waals surface area contributed by atoms with Crippen LogP contribution in [0.25, 0.3) is 11.0 Å². The third kappa shape index (κ3) is 3.43. The minimum atomic E-state index is -0.288. The van der Waals surface area contributed by atoms with E-state index in [4.69, 9.17) is 23.2 Å². The maximum Gasteiger partial charge on any atom is 0.201 e. The fraction of sp³-hybridized carbons (Fsp3) is 0.235. The van der Waals surface area contributed by atoms with Gasteiger partial charge in [0.1, 0.15) is 5.82 Å². The first kappa shape index (κ1) is 16.1. The highest BCUT2D eigenvalue weighted by Gasteiger charge is 2.22. The second-order valence-corrected chi connectivity index (χ2v) is 6.93. The van der Waals surface area contributed by atoms with Crippen LogP contribution in [0.2, 0.25) is 10.0 Å². The van der Waals surface area contributed by atoms with Crippen molar-refractivity contribution in [3.63, 3.8) is 0 Å². The Balaban J connectivity index is 1.78. The average Bonchev–Trinajstić information content (AvgIpc) is 2.90. The summed E-state index contributed by atoms with van der Waals surface area (Å²) in [5.74, 6) is 0.322. The number of nitrogens with one attached hydrogen (secondary N) is 2. The lowest BCUT2D eigenvalue weighted by Gasteiger charge is -2.26. The van der Waals surface area contributed by atoms with Crippen LogP contribution in [0.15, 0.2) is 36.4 Å². The zero-order valence-corrected chi connectivity index (χ0v) is 14.3. The average molecular weight is 352 g/mol. The summed E-state index contributed by atoms with van der Waals surface area (Å²) < 4.78 is 13.2. The number of aromatic nitrogens is 2. The van der Waals surface area contributed by atoms with Gasteiger partial charge in [-0.1, -0.05) is 43.1 Å². The van der Waals surface area contributed by atoms with Gasteiger partial charge in [-0.15, -0.1) is 0 Å². The second kappa shape index (κ2) is 6.02. The largest absolute Gasteiger partial charge is 0.355 e. The van der Waals surface area contributed by atoms with E-state index < -0.39 is 0 Å². The fourth-order valence-electron chi connectivity index (χ4n) is 2.39. The molecule has 3 aromatic rings. The number of hydrogen-bond donors (Lipinski definition) is 2. The molecule has 0 aliphatic carbocycles. The van der Waals surface area contributed by atoms with Crippen LogP contribution in [0, 0.1) is 5.82 Å². The predicted molar refractivity (Wildman–Crippen MR) is 94.0 cm³/mol. The number of imidazole rings is 1. The minimum Gasteiger partial charge on any atom is -0.355 e. The first-order chi connectivity index (χ1) is 10.8. The molecule has 0 atom stereocenters. The smallest absolute Gasteiger partial charge is 0.201 e. The molecule has 6 heteroatoms. The number of aromatic amines is 1. The number of fused-ring (bicyclic) bond motifs is 1. The monoisotopic (exact) mass is 351 g/mol. The minimum absolute atomic E-state index is 0.182. The maximum atomic E-state index is 13.2. The standard InChI is InChI=1S/C17H16Cl2FN3/c1-17(2,10-3-5-12(18)13(19)7-10)9-21-16-22-14-6-4-11(20)8-15(14)23-16/h3-8H,9H2,1-2H3,(H2,21,22,23). The number of nitrogens with zero attached hydrogens (tertiary/aromatic N) is 1. The van der Waals surface area contributed by atoms with Crippen LogP contribution < -0.4 is 5.32 Å². The molecular formula is C17H16Cl2FN3. The SMILES string of the molecule is CC(C)(CNc1nc2ccc(F)cc2[nH]1)c1ccc(Cl)c(Cl)c1. The second-order valence-electron chi connectivity index (χ2n) is 6.11. The van der Waals surface area contributed by atoms with Gasteiger partial charge in [-0.3, -0.25) is 0 Å². The number of halogens is 3. The van der Waals surface area contributed by atoms with Gasteiger partial charge in [-0.2, -0.15) is 0 Å². The van der Waals surface area contributed by atoms with Crippen molar-refractivity contribution in [2.45, 2.75) is 19.3 Å². The Labute approximate surface area is 143 Å². The van der Waals surface area contributed by atoms with E-state index in [0.717, 1.165) is 11.1 Å². The molecule has 0 saturated carbocycles. The normalized spacial score (nSPS) is 11.9. The van der Waals surface area contributed by atoms with Crippen LogP contribution in [0.5, 0.6) is 0 Å². The summed E-state index contributed by atoms with van der Waals surface area (Å²) in [6.07, 6.45) is 0. The van der Waals surface area contributed by atoms with E-state index in [1.165, 1.54) is 12.1 Å². The highest BCUT2D eigenvalue weighted by molar-refractivity contribution is 6.42. The Morgan fingerprint density at radius 1 is 1.13 bits per heavy atom. The zero-order chi connectivity index (χ0) is 16.6. The molecule has 3 nitrogen and oxygen atoms in total. The van der Waals surface area contributed by atoms with Gasteiger partial charge in [0.15, 0.2) is 0 Å². The van der Waals surface area contributed by atoms with Gasteiger partial charge in [-0.25, -0.2) is 9.37 Å². The van der Waals surface area contributed by atoms with Crippen molar-refractivity contribution in [1.82, 2.24) is 9.97 Å². The number of anilines is 1. The Hall–Kier alpha value is -1.78. The molecule has 0 spiro atoms. The summed E-state index contributed by atoms with van der Waals surface area (Å²) in [5.41, 5.74) is 2.28. The molecule has 0 aliphatic rings. The van der Waals surface area contributed by atoms with Crippen LogP contribution in [0.3, 0.4) is 0 Å². The van der Waals surface area contributed by atoms with Gasteiger partial charge in [0.25, 0.3) is 0 Å². The van der Waals surface area contributed by atoms with Crippen molar-refractivity contribution >= 4 is 40.2 Å². The molecule has 120 valence electrons. The molecule has 0 amide bonds. The molecule has 0 fully saturated rings. The van der Waals surface area contributed by atoms with Gasteiger partial charge < -0.3 is 10.3 Å². The Kier molecular flexibility index (Phi) is 4.21. The quantitative estimate of drug-likeness (QED) is 0.660. The third-order valence-electron chi connectivity index (χ3n) is 3.84. The molecule has 2 N–H and O–H groups in total. The topological polar surface area (TPSA) is 40.7 Å². The first-order valence-electron chi connectivity index (χ1n) is 7.20. The first-order valence-corrected chi connectivity index (χ1v) is 7.95. The van der Waals surface area contributed by atoms with Gasteiger partial charge >= 0.3 is 0 Å². The molecule has 0 aliphatic heterocycles. The molecule has 23 heavy (non-hydrogen) atoms. The predicted octanol–water partition coefficient (Wildman–Crippen LogP) is 5.40. The van der Waals surface area contributed by atoms with Crippen molar-refractivity contribution in [2.24, 2.45) is 0 Å². The maximum absolute atomic E-state index is 13.2. The van der Waals surface area contributed by atoms with Crippen molar-refractivity contribution in [3.8, 4) is 0 Å². The molecule has 1 heterocycles. The van der Waals surface area contributed by atoms with E-state index in [0.29, 0.717) is 28.1 Å². The van der Waals surface area contributed by atoms with Crippen LogP contribution in [-0.2, 0) is 5.41 Å². The Morgan fingerprint density at radius 2 is 1.91 bits per heavy atom. The van der Waals surface area contributed by atoms with E-state index >= 15 is 0 Å². The summed E-state index contributed by atoms with van der Waals surface area (Å²) in [5, 5.41) is 4.34. The summed E-state index contributed by atoms with van der Waals surface area (Å²) >= 11 is 12.1. The van der Waals surface area contributed by atoms with Crippen molar-refractivity contribution in [1.29, 1.82) is 0 Å². The summed E-state index contributed by atoms with van der Waals surface area (Å²) in [7, 11) is 0. The molecular weight excluding hydrogens is 336 g/mol. The molecule has 0 radical (unpaired) electrons. The van der Waals surface area contributed by atoms with Crippen LogP contribution >= 0.6 is 23.2 Å². The van der Waals surface area contributed by atoms with Gasteiger partial charge in [-0.05, 0) is 35.9 Å². The molecule has 0 bridgehead atoms. The highest BCUT2D eigenvalue weighted by Crippen LogP contribution is 2.30. The van der Waals surface area contributed by atoms with E-state index in [2.05, 4.69) is 29.1 Å². The Bertz CT molecular complexity index is 858. The zero-order valence-electron chi connectivity index (χ0n) is 12.8. The van der Waals surface area contributed by atoms with Crippen LogP contribution in [0.1, 0.15) is 19.4 Å². The lowest BCUT2D eigenvalue weighted by atomic mass is 9.84. The summed E-state index contributed by atoms with van der Waals surface area (Å²) in [6.45, 7) is 4.83. The van der Waals surface area contributed by atoms with E-state index in [1.807, 2.05) is 12.1 Å². The Morgan fingerprint density at radius 3 is 2.65 bits per heavy atom. The molecule has 3 rings (SSSR count). The molecule has 0 saturated heterocycles. The number of rotatable bonds is 4. The molecule has 1 aromatic heterocycles. The number of benzene rings is 2. The van der Waals surface area contributed by atoms with Crippen molar-refractivity contribution in [2.75, 3.05) is 11.9 Å². The van der Waals surface area contributed by atoms with Crippen molar-refractivity contribution < 1.29 is 4.39 Å². The summed E-state index contributed by atoms with van der Waals surface area (Å²) in [4.78, 5) is 7.47. The number of H-pyrrole nitrogens is 1. The van der Waals surface area contributed by atoms with Crippen molar-refractivity contribution in [3.05, 3.63) is 57.8 Å². The third-order valence-corrected chi connectivity index (χ3v) is 4.58. The lowest BCUT2D eigenvalue weighted by Crippen LogP contribution is -2.28. The van der Waals surface area contributed by atoms with Gasteiger partial charge in [0, 0.05) is 12.0 Å². The number of hydrogen-bond acceptors (Lipinski definition) is 2. The molecule has 2 aromatic carbocycles. The summed E-state index contributed by atoms with van der Waals surface area (Å²) in [6, 6.07) is 10.1. The van der Waals surface area contributed by atoms with E-state index in [-0.39, 0.29) is 11.2 Å². The van der Waals surface area contributed by atoms with E-state index in [1.54, 1.807) is 12.1 Å². The van der Waals surface area contributed by atoms with Gasteiger partial charge in [0.05, 0.1) is 21.1 Å². The van der Waals surface area contributed by atoms with E-state index in [9.17, 15) is 4.39 Å². The van der Waals surface area contributed by atoms with Crippen LogP contribution in [0.4, 0.5) is 10.3 Å². The lowest BCUT2D eigenvalue weighted by molar-refractivity contribution is 0.555. The van der Waals surface area contributed by atoms with Crippen LogP contribution in [-0.4, -0.2) is 16.5 Å². The highest BCUT2D eigenvalue weighted by atomic mass is 35.5. The van der Waals surface area contributed by atoms with Gasteiger partial charge in [0.2, 0.25) is 5.95 Å².